The minimum absolute atomic E-state index is 0.137. The molecule has 1 saturated carbocycles. The Morgan fingerprint density at radius 3 is 2.03 bits per heavy atom. The summed E-state index contributed by atoms with van der Waals surface area (Å²) >= 11 is 1.11. The van der Waals surface area contributed by atoms with Gasteiger partial charge in [0.25, 0.3) is 15.6 Å². The van der Waals surface area contributed by atoms with Crippen LogP contribution in [0.25, 0.3) is 0 Å². The molecule has 1 saturated heterocycles. The summed E-state index contributed by atoms with van der Waals surface area (Å²) < 4.78 is 106. The van der Waals surface area contributed by atoms with Crippen LogP contribution in [0.3, 0.4) is 0 Å². The molecule has 0 unspecified atom stereocenters. The smallest absolute Gasteiger partial charge is 0.369 e. The molecule has 1 aliphatic carbocycles. The van der Waals surface area contributed by atoms with E-state index in [1.54, 1.807) is 16.3 Å². The number of piperazine rings is 1. The molecule has 2 heterocycles. The molecule has 1 atom stereocenters. The molecule has 0 radical (unpaired) electrons. The van der Waals surface area contributed by atoms with Crippen molar-refractivity contribution in [3.05, 3.63) is 47.3 Å². The van der Waals surface area contributed by atoms with E-state index in [-0.39, 0.29) is 35.8 Å². The third-order valence-corrected chi connectivity index (χ3v) is 9.36. The Bertz CT molecular complexity index is 1070. The topological polar surface area (TPSA) is 60.9 Å². The molecule has 0 spiro atoms. The van der Waals surface area contributed by atoms with E-state index in [2.05, 4.69) is 0 Å². The first-order chi connectivity index (χ1) is 15.3. The van der Waals surface area contributed by atoms with E-state index in [0.29, 0.717) is 17.8 Å². The van der Waals surface area contributed by atoms with Crippen LogP contribution in [0.4, 0.5) is 32.0 Å². The Hall–Kier alpha value is -1.83. The summed E-state index contributed by atoms with van der Waals surface area (Å²) in [7, 11) is -3.70. The summed E-state index contributed by atoms with van der Waals surface area (Å²) in [6, 6.07) is 6.21. The van der Waals surface area contributed by atoms with E-state index in [0.717, 1.165) is 36.3 Å². The minimum Gasteiger partial charge on any atom is -0.369 e. The lowest BCUT2D eigenvalue weighted by Crippen LogP contribution is -2.56. The van der Waals surface area contributed by atoms with Crippen LogP contribution < -0.4 is 4.90 Å². The molecule has 1 aromatic carbocycles. The number of alkyl halides is 6. The summed E-state index contributed by atoms with van der Waals surface area (Å²) in [4.78, 5) is 1.74. The van der Waals surface area contributed by atoms with Crippen molar-refractivity contribution < 1.29 is 39.9 Å². The fourth-order valence-corrected chi connectivity index (χ4v) is 6.91. The molecule has 2 aromatic rings. The zero-order valence-corrected chi connectivity index (χ0v) is 18.6. The van der Waals surface area contributed by atoms with Gasteiger partial charge in [-0.05, 0) is 42.3 Å². The second-order valence-electron chi connectivity index (χ2n) is 8.15. The van der Waals surface area contributed by atoms with E-state index in [1.165, 1.54) is 10.4 Å². The predicted molar refractivity (Wildman–Crippen MR) is 109 cm³/mol. The summed E-state index contributed by atoms with van der Waals surface area (Å²) in [6.07, 6.45) is -10.2. The van der Waals surface area contributed by atoms with Crippen molar-refractivity contribution in [2.24, 2.45) is 5.92 Å². The van der Waals surface area contributed by atoms with Gasteiger partial charge in [-0.2, -0.15) is 30.6 Å². The largest absolute Gasteiger partial charge is 0.430 e. The van der Waals surface area contributed by atoms with Crippen molar-refractivity contribution in [3.8, 4) is 0 Å². The van der Waals surface area contributed by atoms with Gasteiger partial charge in [0.2, 0.25) is 0 Å². The highest BCUT2D eigenvalue weighted by Crippen LogP contribution is 2.50. The van der Waals surface area contributed by atoms with Crippen LogP contribution in [0.5, 0.6) is 0 Å². The van der Waals surface area contributed by atoms with Crippen LogP contribution >= 0.6 is 11.3 Å². The summed E-state index contributed by atoms with van der Waals surface area (Å²) in [6.45, 7) is 0.617. The van der Waals surface area contributed by atoms with Crippen LogP contribution in [0.2, 0.25) is 0 Å². The van der Waals surface area contributed by atoms with Gasteiger partial charge in [0.15, 0.2) is 0 Å². The monoisotopic (exact) mass is 514 g/mol. The van der Waals surface area contributed by atoms with Crippen LogP contribution in [0.15, 0.2) is 46.0 Å². The fraction of sp³-hybridized carbons (Fsp3) is 0.500. The molecular formula is C20H20F6N2O3S2. The number of rotatable bonds is 5. The third-order valence-electron chi connectivity index (χ3n) is 6.06. The van der Waals surface area contributed by atoms with Gasteiger partial charge in [0.1, 0.15) is 4.21 Å². The van der Waals surface area contributed by atoms with Crippen molar-refractivity contribution in [3.63, 3.8) is 0 Å². The Balaban J connectivity index is 1.58. The van der Waals surface area contributed by atoms with Gasteiger partial charge in [-0.15, -0.1) is 11.3 Å². The van der Waals surface area contributed by atoms with Gasteiger partial charge in [0.05, 0.1) is 0 Å². The Morgan fingerprint density at radius 1 is 0.939 bits per heavy atom. The molecule has 0 bridgehead atoms. The van der Waals surface area contributed by atoms with Gasteiger partial charge in [-0.3, -0.25) is 0 Å². The van der Waals surface area contributed by atoms with Crippen LogP contribution in [-0.2, 0) is 15.6 Å². The number of halogens is 6. The molecule has 5 nitrogen and oxygen atoms in total. The first-order valence-electron chi connectivity index (χ1n) is 10.0. The van der Waals surface area contributed by atoms with Crippen molar-refractivity contribution in [2.75, 3.05) is 24.5 Å². The summed E-state index contributed by atoms with van der Waals surface area (Å²) in [5.41, 5.74) is -5.96. The van der Waals surface area contributed by atoms with E-state index in [9.17, 15) is 39.9 Å². The van der Waals surface area contributed by atoms with E-state index in [1.807, 2.05) is 0 Å². The zero-order valence-electron chi connectivity index (χ0n) is 17.0. The summed E-state index contributed by atoms with van der Waals surface area (Å²) in [5.74, 6) is 0.141. The quantitative estimate of drug-likeness (QED) is 0.603. The first-order valence-corrected chi connectivity index (χ1v) is 12.4. The summed E-state index contributed by atoms with van der Waals surface area (Å²) in [5, 5.41) is 11.2. The lowest BCUT2D eigenvalue weighted by Gasteiger charge is -2.42. The molecule has 1 N–H and O–H groups in total. The van der Waals surface area contributed by atoms with Gasteiger partial charge < -0.3 is 10.0 Å². The van der Waals surface area contributed by atoms with E-state index < -0.39 is 33.5 Å². The molecule has 1 aromatic heterocycles. The van der Waals surface area contributed by atoms with E-state index in [4.69, 9.17) is 0 Å². The normalized spacial score (nSPS) is 21.4. The van der Waals surface area contributed by atoms with Gasteiger partial charge in [-0.25, -0.2) is 8.42 Å². The molecule has 33 heavy (non-hydrogen) atoms. The Kier molecular flexibility index (Phi) is 5.99. The van der Waals surface area contributed by atoms with E-state index >= 15 is 0 Å². The highest BCUT2D eigenvalue weighted by atomic mass is 32.2. The van der Waals surface area contributed by atoms with Gasteiger partial charge in [0, 0.05) is 36.9 Å². The maximum Gasteiger partial charge on any atom is 0.430 e. The lowest BCUT2D eigenvalue weighted by molar-refractivity contribution is -0.376. The minimum atomic E-state index is -5.95. The zero-order chi connectivity index (χ0) is 24.2. The Labute approximate surface area is 190 Å². The highest BCUT2D eigenvalue weighted by Gasteiger charge is 2.71. The fourth-order valence-electron chi connectivity index (χ4n) is 4.12. The second kappa shape index (κ2) is 8.14. The molecule has 4 rings (SSSR count). The van der Waals surface area contributed by atoms with Crippen LogP contribution in [0, 0.1) is 5.92 Å². The van der Waals surface area contributed by atoms with Crippen molar-refractivity contribution in [1.29, 1.82) is 0 Å². The van der Waals surface area contributed by atoms with Gasteiger partial charge in [-0.1, -0.05) is 18.2 Å². The number of nitrogens with zero attached hydrogens (tertiary/aromatic N) is 2. The number of sulfonamides is 1. The number of anilines is 1. The number of benzene rings is 1. The predicted octanol–water partition coefficient (Wildman–Crippen LogP) is 4.35. The molecular weight excluding hydrogens is 494 g/mol. The molecule has 1 aliphatic heterocycles. The molecule has 182 valence electrons. The number of hydrogen-bond acceptors (Lipinski definition) is 5. The average Bonchev–Trinajstić information content (AvgIpc) is 3.43. The number of aliphatic hydroxyl groups is 1. The number of hydrogen-bond donors (Lipinski definition) is 1. The molecule has 2 aliphatic rings. The molecule has 0 amide bonds. The van der Waals surface area contributed by atoms with Crippen LogP contribution in [0.1, 0.15) is 18.4 Å². The molecule has 2 fully saturated rings. The number of thiophene rings is 1. The standard InChI is InChI=1S/C20H20F6N2O3S2/c21-19(22,23)18(29,20(24,25)26)14-5-7-15(8-6-14)27-9-10-28(16(12-27)13-3-4-13)33(30,31)17-2-1-11-32-17/h1-2,5-8,11,13,16,29H,3-4,9-10,12H2/t16-/m0/s1. The van der Waals surface area contributed by atoms with Crippen molar-refractivity contribution in [1.82, 2.24) is 4.31 Å². The lowest BCUT2D eigenvalue weighted by atomic mass is 9.92. The van der Waals surface area contributed by atoms with Gasteiger partial charge >= 0.3 is 12.4 Å². The van der Waals surface area contributed by atoms with Crippen molar-refractivity contribution in [2.45, 2.75) is 41.0 Å². The SMILES string of the molecule is O=S(=O)(c1cccs1)N1CCN(c2ccc(C(O)(C(F)(F)F)C(F)(F)F)cc2)C[C@H]1C1CC1. The average molecular weight is 515 g/mol. The third kappa shape index (κ3) is 4.24. The maximum atomic E-state index is 13.1. The van der Waals surface area contributed by atoms with Crippen molar-refractivity contribution >= 4 is 27.0 Å². The second-order valence-corrected chi connectivity index (χ2v) is 11.2. The first kappa shape index (κ1) is 24.3. The molecule has 13 heteroatoms. The highest BCUT2D eigenvalue weighted by molar-refractivity contribution is 7.91. The van der Waals surface area contributed by atoms with Crippen LogP contribution in [-0.4, -0.2) is 55.9 Å². The Morgan fingerprint density at radius 2 is 1.55 bits per heavy atom. The maximum absolute atomic E-state index is 13.1.